The van der Waals surface area contributed by atoms with Gasteiger partial charge in [0.25, 0.3) is 0 Å². The van der Waals surface area contributed by atoms with Gasteiger partial charge in [0, 0.05) is 18.7 Å². The number of rotatable bonds is 4. The van der Waals surface area contributed by atoms with Crippen molar-refractivity contribution < 1.29 is 13.9 Å². The molecule has 0 bridgehead atoms. The van der Waals surface area contributed by atoms with E-state index in [4.69, 9.17) is 9.47 Å². The van der Waals surface area contributed by atoms with Crippen LogP contribution in [0.4, 0.5) is 4.39 Å². The molecule has 0 saturated carbocycles. The lowest BCUT2D eigenvalue weighted by atomic mass is 10.1. The molecule has 0 amide bonds. The second-order valence-corrected chi connectivity index (χ2v) is 5.26. The van der Waals surface area contributed by atoms with Crippen molar-refractivity contribution in [2.75, 3.05) is 6.79 Å². The molecule has 0 radical (unpaired) electrons. The summed E-state index contributed by atoms with van der Waals surface area (Å²) in [7, 11) is 0. The van der Waals surface area contributed by atoms with Gasteiger partial charge >= 0.3 is 0 Å². The first-order chi connectivity index (χ1) is 9.75. The van der Waals surface area contributed by atoms with Crippen LogP contribution < -0.4 is 14.8 Å². The van der Waals surface area contributed by atoms with Gasteiger partial charge < -0.3 is 14.8 Å². The molecule has 104 valence electrons. The number of para-hydroxylation sites is 1. The Morgan fingerprint density at radius 1 is 1.05 bits per heavy atom. The molecule has 0 saturated heterocycles. The van der Waals surface area contributed by atoms with Crippen LogP contribution in [0.1, 0.15) is 11.1 Å². The van der Waals surface area contributed by atoms with Gasteiger partial charge in [-0.1, -0.05) is 24.3 Å². The van der Waals surface area contributed by atoms with Crippen molar-refractivity contribution in [2.45, 2.75) is 13.1 Å². The van der Waals surface area contributed by atoms with Crippen LogP contribution in [0, 0.1) is 5.82 Å². The Bertz CT molecular complexity index is 633. The first-order valence-electron chi connectivity index (χ1n) is 6.27. The topological polar surface area (TPSA) is 30.5 Å². The van der Waals surface area contributed by atoms with Crippen LogP contribution in [0.15, 0.2) is 40.9 Å². The Hall–Kier alpha value is -1.59. The standard InChI is InChI=1S/C15H13BrFNO2/c16-14-10(3-1-5-12(14)17)7-18-8-11-4-2-6-13-15(11)20-9-19-13/h1-6,18H,7-9H2. The molecular formula is C15H13BrFNO2. The zero-order valence-corrected chi connectivity index (χ0v) is 12.2. The molecule has 2 aromatic rings. The highest BCUT2D eigenvalue weighted by atomic mass is 79.9. The normalized spacial score (nSPS) is 12.7. The monoisotopic (exact) mass is 337 g/mol. The smallest absolute Gasteiger partial charge is 0.231 e. The average molecular weight is 338 g/mol. The summed E-state index contributed by atoms with van der Waals surface area (Å²) in [6.45, 7) is 1.47. The maximum atomic E-state index is 13.4. The zero-order chi connectivity index (χ0) is 13.9. The van der Waals surface area contributed by atoms with E-state index in [1.807, 2.05) is 24.3 Å². The van der Waals surface area contributed by atoms with Crippen molar-refractivity contribution >= 4 is 15.9 Å². The zero-order valence-electron chi connectivity index (χ0n) is 10.7. The molecule has 1 N–H and O–H groups in total. The molecule has 0 atom stereocenters. The number of ether oxygens (including phenoxy) is 2. The fourth-order valence-corrected chi connectivity index (χ4v) is 2.55. The average Bonchev–Trinajstić information content (AvgIpc) is 2.93. The molecule has 0 aromatic heterocycles. The minimum atomic E-state index is -0.248. The van der Waals surface area contributed by atoms with E-state index in [1.165, 1.54) is 6.07 Å². The third-order valence-corrected chi connectivity index (χ3v) is 4.03. The summed E-state index contributed by atoms with van der Waals surface area (Å²) in [5.41, 5.74) is 1.92. The first-order valence-corrected chi connectivity index (χ1v) is 7.06. The van der Waals surface area contributed by atoms with E-state index in [9.17, 15) is 4.39 Å². The molecule has 1 heterocycles. The lowest BCUT2D eigenvalue weighted by Crippen LogP contribution is -2.13. The Kier molecular flexibility index (Phi) is 3.89. The van der Waals surface area contributed by atoms with Gasteiger partial charge in [-0.25, -0.2) is 4.39 Å². The molecule has 0 aliphatic carbocycles. The van der Waals surface area contributed by atoms with Crippen LogP contribution in [0.5, 0.6) is 11.5 Å². The van der Waals surface area contributed by atoms with Crippen molar-refractivity contribution in [3.63, 3.8) is 0 Å². The minimum Gasteiger partial charge on any atom is -0.454 e. The van der Waals surface area contributed by atoms with Crippen LogP contribution in [0.25, 0.3) is 0 Å². The Morgan fingerprint density at radius 3 is 2.70 bits per heavy atom. The van der Waals surface area contributed by atoms with Gasteiger partial charge in [-0.05, 0) is 33.6 Å². The number of nitrogens with one attached hydrogen (secondary N) is 1. The molecule has 1 aliphatic heterocycles. The van der Waals surface area contributed by atoms with Gasteiger partial charge in [-0.3, -0.25) is 0 Å². The molecule has 3 rings (SSSR count). The van der Waals surface area contributed by atoms with Crippen molar-refractivity contribution in [3.05, 3.63) is 57.8 Å². The molecule has 1 aliphatic rings. The quantitative estimate of drug-likeness (QED) is 0.924. The van der Waals surface area contributed by atoms with Gasteiger partial charge in [0.15, 0.2) is 11.5 Å². The molecule has 0 fully saturated rings. The Morgan fingerprint density at radius 2 is 1.80 bits per heavy atom. The third kappa shape index (κ3) is 2.64. The van der Waals surface area contributed by atoms with E-state index in [2.05, 4.69) is 21.2 Å². The summed E-state index contributed by atoms with van der Waals surface area (Å²) < 4.78 is 24.7. The van der Waals surface area contributed by atoms with Gasteiger partial charge in [-0.15, -0.1) is 0 Å². The summed E-state index contributed by atoms with van der Waals surface area (Å²) in [6.07, 6.45) is 0. The van der Waals surface area contributed by atoms with Crippen LogP contribution in [-0.4, -0.2) is 6.79 Å². The van der Waals surface area contributed by atoms with Crippen molar-refractivity contribution in [2.24, 2.45) is 0 Å². The maximum absolute atomic E-state index is 13.4. The van der Waals surface area contributed by atoms with E-state index < -0.39 is 0 Å². The van der Waals surface area contributed by atoms with Crippen molar-refractivity contribution in [3.8, 4) is 11.5 Å². The van der Waals surface area contributed by atoms with E-state index in [-0.39, 0.29) is 12.6 Å². The lowest BCUT2D eigenvalue weighted by molar-refractivity contribution is 0.173. The van der Waals surface area contributed by atoms with E-state index in [1.54, 1.807) is 6.07 Å². The fourth-order valence-electron chi connectivity index (χ4n) is 2.15. The highest BCUT2D eigenvalue weighted by molar-refractivity contribution is 9.10. The molecule has 2 aromatic carbocycles. The highest BCUT2D eigenvalue weighted by Crippen LogP contribution is 2.35. The largest absolute Gasteiger partial charge is 0.454 e. The number of halogens is 2. The van der Waals surface area contributed by atoms with Gasteiger partial charge in [0.1, 0.15) is 5.82 Å². The van der Waals surface area contributed by atoms with Crippen LogP contribution in [-0.2, 0) is 13.1 Å². The molecule has 5 heteroatoms. The predicted octanol–water partition coefficient (Wildman–Crippen LogP) is 3.61. The number of benzene rings is 2. The fraction of sp³-hybridized carbons (Fsp3) is 0.200. The van der Waals surface area contributed by atoms with E-state index in [0.717, 1.165) is 22.6 Å². The second-order valence-electron chi connectivity index (χ2n) is 4.47. The second kappa shape index (κ2) is 5.81. The van der Waals surface area contributed by atoms with Crippen LogP contribution >= 0.6 is 15.9 Å². The lowest BCUT2D eigenvalue weighted by Gasteiger charge is -2.09. The predicted molar refractivity (Wildman–Crippen MR) is 77.2 cm³/mol. The molecule has 0 unspecified atom stereocenters. The number of hydrogen-bond acceptors (Lipinski definition) is 3. The third-order valence-electron chi connectivity index (χ3n) is 3.14. The van der Waals surface area contributed by atoms with Gasteiger partial charge in [-0.2, -0.15) is 0 Å². The van der Waals surface area contributed by atoms with Gasteiger partial charge in [0.05, 0.1) is 4.47 Å². The Labute approximate surface area is 124 Å². The Balaban J connectivity index is 1.66. The molecular weight excluding hydrogens is 325 g/mol. The highest BCUT2D eigenvalue weighted by Gasteiger charge is 2.16. The first kappa shape index (κ1) is 13.4. The number of fused-ring (bicyclic) bond motifs is 1. The van der Waals surface area contributed by atoms with Crippen molar-refractivity contribution in [1.29, 1.82) is 0 Å². The van der Waals surface area contributed by atoms with E-state index in [0.29, 0.717) is 17.6 Å². The van der Waals surface area contributed by atoms with Crippen LogP contribution in [0.3, 0.4) is 0 Å². The molecule has 0 spiro atoms. The number of hydrogen-bond donors (Lipinski definition) is 1. The summed E-state index contributed by atoms with van der Waals surface area (Å²) >= 11 is 3.26. The summed E-state index contributed by atoms with van der Waals surface area (Å²) in [5, 5.41) is 3.28. The summed E-state index contributed by atoms with van der Waals surface area (Å²) in [6, 6.07) is 10.8. The summed E-state index contributed by atoms with van der Waals surface area (Å²) in [5.74, 6) is 1.32. The van der Waals surface area contributed by atoms with Crippen molar-refractivity contribution in [1.82, 2.24) is 5.32 Å². The minimum absolute atomic E-state index is 0.248. The molecule has 3 nitrogen and oxygen atoms in total. The maximum Gasteiger partial charge on any atom is 0.231 e. The molecule has 20 heavy (non-hydrogen) atoms. The van der Waals surface area contributed by atoms with E-state index >= 15 is 0 Å². The van der Waals surface area contributed by atoms with Gasteiger partial charge in [0.2, 0.25) is 6.79 Å². The SMILES string of the molecule is Fc1cccc(CNCc2cccc3c2OCO3)c1Br. The van der Waals surface area contributed by atoms with Crippen LogP contribution in [0.2, 0.25) is 0 Å². The summed E-state index contributed by atoms with van der Waals surface area (Å²) in [4.78, 5) is 0.